The van der Waals surface area contributed by atoms with Crippen molar-refractivity contribution in [2.75, 3.05) is 12.3 Å². The first-order valence-corrected chi connectivity index (χ1v) is 11.4. The Hall–Kier alpha value is -2.04. The number of fused-ring (bicyclic) bond motifs is 1. The largest absolute Gasteiger partial charge is 0.368 e. The van der Waals surface area contributed by atoms with E-state index in [4.69, 9.17) is 28.9 Å². The zero-order valence-corrected chi connectivity index (χ0v) is 18.2. The van der Waals surface area contributed by atoms with Gasteiger partial charge in [0, 0.05) is 41.5 Å². The molecule has 1 unspecified atom stereocenters. The van der Waals surface area contributed by atoms with E-state index in [9.17, 15) is 4.21 Å². The van der Waals surface area contributed by atoms with Crippen molar-refractivity contribution >= 4 is 61.7 Å². The van der Waals surface area contributed by atoms with Gasteiger partial charge >= 0.3 is 0 Å². The van der Waals surface area contributed by atoms with Crippen LogP contribution in [0.1, 0.15) is 6.42 Å². The fraction of sp³-hybridized carbons (Fsp3) is 0.167. The summed E-state index contributed by atoms with van der Waals surface area (Å²) in [5.74, 6) is 0.131. The number of thiophene rings is 1. The number of imidazole rings is 1. The van der Waals surface area contributed by atoms with Crippen molar-refractivity contribution < 1.29 is 4.21 Å². The SMILES string of the molecule is Nc1nc(-c2ccc(Cl)cc2Cl)c2cc(S(=O)NCCCn3ccnc3)sc2n1. The van der Waals surface area contributed by atoms with Crippen molar-refractivity contribution in [3.05, 3.63) is 53.0 Å². The molecule has 4 aromatic rings. The van der Waals surface area contributed by atoms with E-state index in [1.54, 1.807) is 30.7 Å². The highest BCUT2D eigenvalue weighted by Gasteiger charge is 2.17. The summed E-state index contributed by atoms with van der Waals surface area (Å²) in [5.41, 5.74) is 7.17. The average molecular weight is 467 g/mol. The minimum absolute atomic E-state index is 0.131. The Morgan fingerprint density at radius 3 is 2.86 bits per heavy atom. The zero-order chi connectivity index (χ0) is 20.4. The third-order valence-corrected chi connectivity index (χ3v) is 7.17. The van der Waals surface area contributed by atoms with Crippen LogP contribution in [0.15, 0.2) is 47.2 Å². The summed E-state index contributed by atoms with van der Waals surface area (Å²) in [5, 5.41) is 1.74. The fourth-order valence-electron chi connectivity index (χ4n) is 2.81. The van der Waals surface area contributed by atoms with Crippen molar-refractivity contribution in [3.63, 3.8) is 0 Å². The van der Waals surface area contributed by atoms with Gasteiger partial charge in [0.1, 0.15) is 20.0 Å². The van der Waals surface area contributed by atoms with Crippen LogP contribution in [0.3, 0.4) is 0 Å². The van der Waals surface area contributed by atoms with E-state index < -0.39 is 11.0 Å². The van der Waals surface area contributed by atoms with Gasteiger partial charge in [-0.25, -0.2) is 23.9 Å². The van der Waals surface area contributed by atoms with Crippen LogP contribution < -0.4 is 10.5 Å². The van der Waals surface area contributed by atoms with Crippen LogP contribution in [0.5, 0.6) is 0 Å². The number of halogens is 2. The summed E-state index contributed by atoms with van der Waals surface area (Å²) in [6, 6.07) is 6.99. The molecule has 4 rings (SSSR count). The molecule has 3 aromatic heterocycles. The Morgan fingerprint density at radius 1 is 1.24 bits per heavy atom. The lowest BCUT2D eigenvalue weighted by Gasteiger charge is -2.06. The van der Waals surface area contributed by atoms with E-state index >= 15 is 0 Å². The molecular formula is C18H16Cl2N6OS2. The molecule has 0 saturated heterocycles. The van der Waals surface area contributed by atoms with Gasteiger partial charge in [-0.15, -0.1) is 11.3 Å². The van der Waals surface area contributed by atoms with E-state index in [1.165, 1.54) is 11.3 Å². The predicted octanol–water partition coefficient (Wildman–Crippen LogP) is 4.15. The van der Waals surface area contributed by atoms with Crippen molar-refractivity contribution in [1.82, 2.24) is 24.2 Å². The highest BCUT2D eigenvalue weighted by atomic mass is 35.5. The number of hydrogen-bond acceptors (Lipinski definition) is 6. The molecule has 0 radical (unpaired) electrons. The number of benzene rings is 1. The third-order valence-electron chi connectivity index (χ3n) is 4.14. The van der Waals surface area contributed by atoms with Crippen LogP contribution in [0.2, 0.25) is 10.0 Å². The van der Waals surface area contributed by atoms with Gasteiger partial charge in [0.2, 0.25) is 5.95 Å². The van der Waals surface area contributed by atoms with Gasteiger partial charge in [0.15, 0.2) is 0 Å². The van der Waals surface area contributed by atoms with Gasteiger partial charge in [-0.05, 0) is 30.7 Å². The van der Waals surface area contributed by atoms with E-state index in [1.807, 2.05) is 16.8 Å². The van der Waals surface area contributed by atoms with Crippen molar-refractivity contribution in [1.29, 1.82) is 0 Å². The number of anilines is 1. The molecule has 0 spiro atoms. The smallest absolute Gasteiger partial charge is 0.221 e. The van der Waals surface area contributed by atoms with Crippen LogP contribution >= 0.6 is 34.5 Å². The van der Waals surface area contributed by atoms with E-state index in [0.717, 1.165) is 18.4 Å². The van der Waals surface area contributed by atoms with Crippen LogP contribution in [0, 0.1) is 0 Å². The molecule has 3 N–H and O–H groups in total. The van der Waals surface area contributed by atoms with E-state index in [-0.39, 0.29) is 5.95 Å². The number of aryl methyl sites for hydroxylation is 1. The predicted molar refractivity (Wildman–Crippen MR) is 119 cm³/mol. The van der Waals surface area contributed by atoms with Gasteiger partial charge in [-0.2, -0.15) is 0 Å². The molecule has 3 heterocycles. The molecule has 29 heavy (non-hydrogen) atoms. The highest BCUT2D eigenvalue weighted by Crippen LogP contribution is 2.37. The van der Waals surface area contributed by atoms with Crippen LogP contribution in [0.25, 0.3) is 21.5 Å². The third kappa shape index (κ3) is 4.59. The van der Waals surface area contributed by atoms with Crippen molar-refractivity contribution in [2.24, 2.45) is 0 Å². The Balaban J connectivity index is 1.56. The number of hydrogen-bond donors (Lipinski definition) is 2. The molecule has 7 nitrogen and oxygen atoms in total. The number of rotatable bonds is 7. The normalized spacial score (nSPS) is 12.5. The second-order valence-corrected chi connectivity index (χ2v) is 9.55. The van der Waals surface area contributed by atoms with Crippen molar-refractivity contribution in [3.8, 4) is 11.3 Å². The molecule has 0 bridgehead atoms. The van der Waals surface area contributed by atoms with Crippen molar-refractivity contribution in [2.45, 2.75) is 17.2 Å². The van der Waals surface area contributed by atoms with Gasteiger partial charge in [0.05, 0.1) is 17.0 Å². The zero-order valence-electron chi connectivity index (χ0n) is 15.0. The first-order valence-electron chi connectivity index (χ1n) is 8.65. The van der Waals surface area contributed by atoms with E-state index in [2.05, 4.69) is 19.7 Å². The molecule has 1 aromatic carbocycles. The molecular weight excluding hydrogens is 451 g/mol. The number of nitrogens with one attached hydrogen (secondary N) is 1. The second-order valence-electron chi connectivity index (χ2n) is 6.16. The molecule has 0 saturated carbocycles. The number of nitrogens with zero attached hydrogens (tertiary/aromatic N) is 4. The average Bonchev–Trinajstić information content (AvgIpc) is 3.34. The van der Waals surface area contributed by atoms with Gasteiger partial charge in [-0.3, -0.25) is 0 Å². The second kappa shape index (κ2) is 8.76. The first-order chi connectivity index (χ1) is 14.0. The molecule has 0 aliphatic heterocycles. The number of nitrogens with two attached hydrogens (primary N) is 1. The number of aromatic nitrogens is 4. The Bertz CT molecular complexity index is 1180. The molecule has 0 aliphatic carbocycles. The summed E-state index contributed by atoms with van der Waals surface area (Å²) in [6.07, 6.45) is 6.22. The first kappa shape index (κ1) is 20.2. The maximum absolute atomic E-state index is 12.7. The molecule has 0 aliphatic rings. The van der Waals surface area contributed by atoms with Crippen LogP contribution in [-0.2, 0) is 17.5 Å². The Morgan fingerprint density at radius 2 is 2.10 bits per heavy atom. The molecule has 1 atom stereocenters. The van der Waals surface area contributed by atoms with E-state index in [0.29, 0.717) is 36.9 Å². The lowest BCUT2D eigenvalue weighted by atomic mass is 10.1. The van der Waals surface area contributed by atoms with Crippen LogP contribution in [-0.4, -0.2) is 30.3 Å². The highest BCUT2D eigenvalue weighted by molar-refractivity contribution is 7.85. The molecule has 0 fully saturated rings. The summed E-state index contributed by atoms with van der Waals surface area (Å²) >= 11 is 13.7. The fourth-order valence-corrected chi connectivity index (χ4v) is 5.49. The Labute approximate surface area is 183 Å². The van der Waals surface area contributed by atoms with Gasteiger partial charge < -0.3 is 10.3 Å². The summed E-state index contributed by atoms with van der Waals surface area (Å²) in [4.78, 5) is 13.3. The minimum atomic E-state index is -1.36. The van der Waals surface area contributed by atoms with Gasteiger partial charge in [-0.1, -0.05) is 23.2 Å². The number of nitrogen functional groups attached to an aromatic ring is 1. The monoisotopic (exact) mass is 466 g/mol. The maximum Gasteiger partial charge on any atom is 0.221 e. The Kier molecular flexibility index (Phi) is 6.12. The lowest BCUT2D eigenvalue weighted by Crippen LogP contribution is -2.19. The van der Waals surface area contributed by atoms with Gasteiger partial charge in [0.25, 0.3) is 0 Å². The maximum atomic E-state index is 12.7. The topological polar surface area (TPSA) is 98.7 Å². The minimum Gasteiger partial charge on any atom is -0.368 e. The molecule has 11 heteroatoms. The van der Waals surface area contributed by atoms with Crippen LogP contribution in [0.4, 0.5) is 5.95 Å². The quantitative estimate of drug-likeness (QED) is 0.398. The summed E-state index contributed by atoms with van der Waals surface area (Å²) < 4.78 is 18.4. The summed E-state index contributed by atoms with van der Waals surface area (Å²) in [7, 11) is -1.36. The lowest BCUT2D eigenvalue weighted by molar-refractivity contribution is 0.625. The standard InChI is InChI=1S/C18H16Cl2N6OS2/c19-11-2-3-12(14(20)8-11)16-13-9-15(28-17(13)25-18(21)24-16)29(27)23-4-1-6-26-7-5-22-10-26/h2-3,5,7-10,23H,1,4,6H2,(H2,21,24,25). The molecule has 150 valence electrons. The molecule has 0 amide bonds. The summed E-state index contributed by atoms with van der Waals surface area (Å²) in [6.45, 7) is 1.40.